The summed E-state index contributed by atoms with van der Waals surface area (Å²) < 4.78 is 5.15. The zero-order valence-electron chi connectivity index (χ0n) is 6.42. The molecule has 2 N–H and O–H groups in total. The number of nitrogens with one attached hydrogen (secondary N) is 1. The highest BCUT2D eigenvalue weighted by atomic mass is 16.4. The summed E-state index contributed by atoms with van der Waals surface area (Å²) in [6.07, 6.45) is 0. The van der Waals surface area contributed by atoms with E-state index in [4.69, 9.17) is 9.52 Å². The van der Waals surface area contributed by atoms with E-state index in [-0.39, 0.29) is 5.56 Å². The molecule has 0 aliphatic rings. The minimum Gasteiger partial charge on any atom is -0.477 e. The molecule has 0 unspecified atom stereocenters. The van der Waals surface area contributed by atoms with E-state index in [0.717, 1.165) is 0 Å². The summed E-state index contributed by atoms with van der Waals surface area (Å²) in [7, 11) is 1.67. The molecule has 62 valence electrons. The highest BCUT2D eigenvalue weighted by Crippen LogP contribution is 2.32. The number of rotatable bonds is 2. The number of benzene rings is 1. The fourth-order valence-electron chi connectivity index (χ4n) is 1.31. The number of hydrogen-bond acceptors (Lipinski definition) is 3. The Kier molecular flexibility index (Phi) is 1.24. The van der Waals surface area contributed by atoms with Crippen molar-refractivity contribution in [2.24, 2.45) is 0 Å². The fraction of sp³-hybridized carbons (Fsp3) is 0.125. The van der Waals surface area contributed by atoms with Crippen LogP contribution in [0.2, 0.25) is 0 Å². The number of anilines is 1. The van der Waals surface area contributed by atoms with Gasteiger partial charge in [0.05, 0.1) is 5.69 Å². The monoisotopic (exact) mass is 165 g/mol. The summed E-state index contributed by atoms with van der Waals surface area (Å²) in [5.74, 6) is -0.964. The maximum atomic E-state index is 10.7. The quantitative estimate of drug-likeness (QED) is 0.709. The lowest BCUT2D eigenvalue weighted by atomic mass is 10.2. The molecule has 4 heteroatoms. The van der Waals surface area contributed by atoms with Crippen molar-refractivity contribution < 1.29 is 14.3 Å². The van der Waals surface area contributed by atoms with E-state index in [1.165, 1.54) is 0 Å². The zero-order valence-corrected chi connectivity index (χ0v) is 6.42. The van der Waals surface area contributed by atoms with Crippen LogP contribution in [0.25, 0.3) is 11.2 Å². The molecule has 2 rings (SSSR count). The second-order valence-corrected chi connectivity index (χ2v) is 2.47. The van der Waals surface area contributed by atoms with E-state index in [0.29, 0.717) is 16.9 Å². The van der Waals surface area contributed by atoms with Crippen LogP contribution in [-0.2, 0) is 0 Å². The first-order valence-electron chi connectivity index (χ1n) is 3.50. The van der Waals surface area contributed by atoms with Crippen LogP contribution in [-0.4, -0.2) is 18.1 Å². The lowest BCUT2D eigenvalue weighted by Crippen LogP contribution is -2.00. The molecule has 0 spiro atoms. The van der Waals surface area contributed by atoms with Gasteiger partial charge in [0.15, 0.2) is 5.58 Å². The minimum absolute atomic E-state index is 0.218. The number of carbonyl (C=O) groups is 1. The Morgan fingerprint density at radius 2 is 2.17 bits per heavy atom. The van der Waals surface area contributed by atoms with Gasteiger partial charge in [0.1, 0.15) is 11.1 Å². The SMILES string of the molecule is CNc1c(C(=O)O)c2ccc1o2. The normalized spacial score (nSPS) is 10.8. The van der Waals surface area contributed by atoms with Gasteiger partial charge in [0.2, 0.25) is 0 Å². The lowest BCUT2D eigenvalue weighted by Gasteiger charge is -1.97. The van der Waals surface area contributed by atoms with Gasteiger partial charge in [-0.15, -0.1) is 0 Å². The van der Waals surface area contributed by atoms with Crippen molar-refractivity contribution >= 4 is 22.8 Å². The van der Waals surface area contributed by atoms with Crippen molar-refractivity contribution in [2.45, 2.75) is 0 Å². The predicted molar refractivity (Wildman–Crippen MR) is 43.9 cm³/mol. The van der Waals surface area contributed by atoms with Gasteiger partial charge < -0.3 is 14.8 Å². The molecule has 0 radical (unpaired) electrons. The van der Waals surface area contributed by atoms with Gasteiger partial charge in [0.25, 0.3) is 0 Å². The Morgan fingerprint density at radius 1 is 1.50 bits per heavy atom. The highest BCUT2D eigenvalue weighted by molar-refractivity contribution is 6.06. The van der Waals surface area contributed by atoms with E-state index in [1.807, 2.05) is 0 Å². The van der Waals surface area contributed by atoms with Crippen LogP contribution >= 0.6 is 0 Å². The van der Waals surface area contributed by atoms with E-state index < -0.39 is 5.97 Å². The van der Waals surface area contributed by atoms with E-state index in [9.17, 15) is 4.79 Å². The van der Waals surface area contributed by atoms with E-state index >= 15 is 0 Å². The number of furan rings is 2. The van der Waals surface area contributed by atoms with Gasteiger partial charge in [-0.1, -0.05) is 0 Å². The van der Waals surface area contributed by atoms with Gasteiger partial charge in [-0.25, -0.2) is 4.79 Å². The smallest absolute Gasteiger partial charge is 0.341 e. The summed E-state index contributed by atoms with van der Waals surface area (Å²) >= 11 is 0. The van der Waals surface area contributed by atoms with Gasteiger partial charge in [-0.2, -0.15) is 0 Å². The molecule has 0 aliphatic heterocycles. The van der Waals surface area contributed by atoms with Crippen LogP contribution in [0.5, 0.6) is 0 Å². The number of carboxylic acid groups (broad SMARTS) is 1. The first-order chi connectivity index (χ1) is 5.74. The molecule has 0 amide bonds. The number of aromatic carboxylic acids is 1. The second kappa shape index (κ2) is 2.14. The maximum Gasteiger partial charge on any atom is 0.341 e. The summed E-state index contributed by atoms with van der Waals surface area (Å²) in [6.45, 7) is 0. The molecular weight excluding hydrogens is 158 g/mol. The minimum atomic E-state index is -0.964. The molecule has 2 aromatic heterocycles. The fourth-order valence-corrected chi connectivity index (χ4v) is 1.31. The van der Waals surface area contributed by atoms with Crippen molar-refractivity contribution in [1.29, 1.82) is 0 Å². The van der Waals surface area contributed by atoms with Crippen molar-refractivity contribution in [2.75, 3.05) is 12.4 Å². The van der Waals surface area contributed by atoms with Crippen LogP contribution in [0.3, 0.4) is 0 Å². The number of carboxylic acids is 1. The first kappa shape index (κ1) is 6.97. The molecular formula is C8H7NO3. The highest BCUT2D eigenvalue weighted by Gasteiger charge is 2.20. The Hall–Kier alpha value is -1.71. The van der Waals surface area contributed by atoms with Crippen molar-refractivity contribution in [3.8, 4) is 0 Å². The molecule has 12 heavy (non-hydrogen) atoms. The molecule has 0 aliphatic carbocycles. The predicted octanol–water partition coefficient (Wildman–Crippen LogP) is 1.61. The van der Waals surface area contributed by atoms with Crippen LogP contribution < -0.4 is 5.32 Å². The van der Waals surface area contributed by atoms with Gasteiger partial charge in [0, 0.05) is 7.05 Å². The van der Waals surface area contributed by atoms with E-state index in [1.54, 1.807) is 19.2 Å². The maximum absolute atomic E-state index is 10.7. The van der Waals surface area contributed by atoms with Crippen LogP contribution in [0, 0.1) is 0 Å². The molecule has 0 fully saturated rings. The molecule has 2 aromatic rings. The van der Waals surface area contributed by atoms with Crippen LogP contribution in [0.15, 0.2) is 16.5 Å². The van der Waals surface area contributed by atoms with Crippen LogP contribution in [0.1, 0.15) is 10.4 Å². The second-order valence-electron chi connectivity index (χ2n) is 2.47. The zero-order chi connectivity index (χ0) is 8.72. The van der Waals surface area contributed by atoms with Crippen molar-refractivity contribution in [1.82, 2.24) is 0 Å². The number of fused-ring (bicyclic) bond motifs is 2. The molecule has 0 saturated carbocycles. The Morgan fingerprint density at radius 3 is 2.67 bits per heavy atom. The van der Waals surface area contributed by atoms with Gasteiger partial charge >= 0.3 is 5.97 Å². The third kappa shape index (κ3) is 0.689. The third-order valence-electron chi connectivity index (χ3n) is 1.81. The topological polar surface area (TPSA) is 62.5 Å². The Labute approximate surface area is 68.1 Å². The Balaban J connectivity index is 2.73. The van der Waals surface area contributed by atoms with Gasteiger partial charge in [-0.3, -0.25) is 0 Å². The summed E-state index contributed by atoms with van der Waals surface area (Å²) in [5.41, 5.74) is 1.78. The molecule has 2 bridgehead atoms. The first-order valence-corrected chi connectivity index (χ1v) is 3.50. The summed E-state index contributed by atoms with van der Waals surface area (Å²) in [6, 6.07) is 3.40. The lowest BCUT2D eigenvalue weighted by molar-refractivity contribution is 0.0699. The van der Waals surface area contributed by atoms with Crippen LogP contribution in [0.4, 0.5) is 5.69 Å². The largest absolute Gasteiger partial charge is 0.477 e. The third-order valence-corrected chi connectivity index (χ3v) is 1.81. The Bertz CT molecular complexity index is 418. The average Bonchev–Trinajstić information content (AvgIpc) is 2.60. The molecule has 4 nitrogen and oxygen atoms in total. The molecule has 0 saturated heterocycles. The summed E-state index contributed by atoms with van der Waals surface area (Å²) in [5, 5.41) is 11.6. The average molecular weight is 165 g/mol. The van der Waals surface area contributed by atoms with E-state index in [2.05, 4.69) is 5.32 Å². The van der Waals surface area contributed by atoms with Crippen molar-refractivity contribution in [3.63, 3.8) is 0 Å². The van der Waals surface area contributed by atoms with Gasteiger partial charge in [-0.05, 0) is 12.1 Å². The summed E-state index contributed by atoms with van der Waals surface area (Å²) in [4.78, 5) is 10.7. The molecule has 0 aromatic carbocycles. The molecule has 0 atom stereocenters. The van der Waals surface area contributed by atoms with Crippen molar-refractivity contribution in [3.05, 3.63) is 17.7 Å². The molecule has 2 heterocycles. The number of hydrogen-bond donors (Lipinski definition) is 2. The standard InChI is InChI=1S/C8H7NO3/c1-9-7-5-3-2-4(12-5)6(7)8(10)11/h2-3,9H,1H3,(H,10,11).